The van der Waals surface area contributed by atoms with Gasteiger partial charge < -0.3 is 19.5 Å². The van der Waals surface area contributed by atoms with E-state index in [-0.39, 0.29) is 6.09 Å². The highest BCUT2D eigenvalue weighted by atomic mass is 16.6. The third kappa shape index (κ3) is 2.44. The summed E-state index contributed by atoms with van der Waals surface area (Å²) in [5, 5.41) is 1.34. The molecule has 5 heteroatoms. The average Bonchev–Trinajstić information content (AvgIpc) is 2.90. The van der Waals surface area contributed by atoms with E-state index in [9.17, 15) is 4.79 Å². The normalized spacial score (nSPS) is 20.6. The van der Waals surface area contributed by atoms with Gasteiger partial charge in [-0.15, -0.1) is 0 Å². The van der Waals surface area contributed by atoms with Gasteiger partial charge in [0.2, 0.25) is 0 Å². The van der Waals surface area contributed by atoms with Crippen molar-refractivity contribution in [3.8, 4) is 0 Å². The second-order valence-corrected chi connectivity index (χ2v) is 7.49. The number of carbonyl (C=O) groups is 1. The van der Waals surface area contributed by atoms with Gasteiger partial charge in [-0.1, -0.05) is 6.07 Å². The van der Waals surface area contributed by atoms with Crippen molar-refractivity contribution in [1.29, 1.82) is 0 Å². The Morgan fingerprint density at radius 3 is 2.91 bits per heavy atom. The van der Waals surface area contributed by atoms with Crippen LogP contribution in [0.25, 0.3) is 10.9 Å². The van der Waals surface area contributed by atoms with Crippen LogP contribution in [-0.4, -0.2) is 47.3 Å². The molecule has 1 aromatic heterocycles. The highest BCUT2D eigenvalue weighted by Gasteiger charge is 2.35. The monoisotopic (exact) mass is 313 g/mol. The molecule has 1 aromatic carbocycles. The van der Waals surface area contributed by atoms with Crippen LogP contribution in [0.1, 0.15) is 26.3 Å². The van der Waals surface area contributed by atoms with E-state index in [2.05, 4.69) is 34.3 Å². The maximum atomic E-state index is 12.4. The summed E-state index contributed by atoms with van der Waals surface area (Å²) in [7, 11) is 0. The van der Waals surface area contributed by atoms with E-state index in [1.165, 1.54) is 22.2 Å². The summed E-state index contributed by atoms with van der Waals surface area (Å²) in [5.41, 5.74) is 3.40. The summed E-state index contributed by atoms with van der Waals surface area (Å²) in [5.74, 6) is 0. The number of anilines is 1. The fourth-order valence-corrected chi connectivity index (χ4v) is 3.73. The molecule has 3 heterocycles. The molecule has 5 nitrogen and oxygen atoms in total. The topological polar surface area (TPSA) is 48.6 Å². The lowest BCUT2D eigenvalue weighted by Gasteiger charge is -2.45. The van der Waals surface area contributed by atoms with Gasteiger partial charge in [-0.2, -0.15) is 0 Å². The maximum absolute atomic E-state index is 12.4. The number of hydrogen-bond donors (Lipinski definition) is 1. The minimum atomic E-state index is -0.444. The fraction of sp³-hybridized carbons (Fsp3) is 0.500. The van der Waals surface area contributed by atoms with Gasteiger partial charge >= 0.3 is 6.09 Å². The minimum Gasteiger partial charge on any atom is -0.444 e. The van der Waals surface area contributed by atoms with Crippen LogP contribution in [0.15, 0.2) is 24.4 Å². The lowest BCUT2D eigenvalue weighted by atomic mass is 9.94. The van der Waals surface area contributed by atoms with Crippen molar-refractivity contribution in [2.75, 3.05) is 24.5 Å². The summed E-state index contributed by atoms with van der Waals surface area (Å²) in [6.45, 7) is 8.02. The van der Waals surface area contributed by atoms with Crippen molar-refractivity contribution in [2.24, 2.45) is 0 Å². The molecule has 0 radical (unpaired) electrons. The minimum absolute atomic E-state index is 0.199. The van der Waals surface area contributed by atoms with Gasteiger partial charge in [0.15, 0.2) is 0 Å². The van der Waals surface area contributed by atoms with E-state index < -0.39 is 5.60 Å². The Morgan fingerprint density at radius 1 is 1.30 bits per heavy atom. The third-order valence-corrected chi connectivity index (χ3v) is 4.66. The zero-order chi connectivity index (χ0) is 16.2. The first-order valence-electron chi connectivity index (χ1n) is 8.26. The number of carbonyl (C=O) groups excluding carboxylic acids is 1. The Kier molecular flexibility index (Phi) is 3.08. The van der Waals surface area contributed by atoms with Gasteiger partial charge in [-0.3, -0.25) is 0 Å². The van der Waals surface area contributed by atoms with Crippen molar-refractivity contribution in [2.45, 2.75) is 38.8 Å². The predicted molar refractivity (Wildman–Crippen MR) is 90.9 cm³/mol. The number of aromatic amines is 1. The molecule has 1 N–H and O–H groups in total. The summed E-state index contributed by atoms with van der Waals surface area (Å²) in [6, 6.07) is 6.74. The number of amides is 1. The molecule has 2 aliphatic heterocycles. The molecule has 2 aliphatic rings. The second-order valence-electron chi connectivity index (χ2n) is 7.49. The quantitative estimate of drug-likeness (QED) is 0.813. The largest absolute Gasteiger partial charge is 0.444 e. The molecule has 1 saturated heterocycles. The Labute approximate surface area is 136 Å². The number of rotatable bonds is 0. The van der Waals surface area contributed by atoms with Gasteiger partial charge in [0.1, 0.15) is 5.60 Å². The Bertz CT molecular complexity index is 759. The van der Waals surface area contributed by atoms with Crippen LogP contribution in [-0.2, 0) is 11.2 Å². The van der Waals surface area contributed by atoms with Crippen molar-refractivity contribution in [3.63, 3.8) is 0 Å². The van der Waals surface area contributed by atoms with Crippen LogP contribution >= 0.6 is 0 Å². The summed E-state index contributed by atoms with van der Waals surface area (Å²) in [4.78, 5) is 20.0. The van der Waals surface area contributed by atoms with Gasteiger partial charge in [0, 0.05) is 42.4 Å². The first-order valence-corrected chi connectivity index (χ1v) is 8.26. The van der Waals surface area contributed by atoms with Crippen LogP contribution in [0.2, 0.25) is 0 Å². The summed E-state index contributed by atoms with van der Waals surface area (Å²) < 4.78 is 5.53. The summed E-state index contributed by atoms with van der Waals surface area (Å²) in [6.07, 6.45) is 2.88. The molecule has 23 heavy (non-hydrogen) atoms. The van der Waals surface area contributed by atoms with E-state index in [0.29, 0.717) is 12.6 Å². The first-order chi connectivity index (χ1) is 10.9. The number of aromatic nitrogens is 1. The molecule has 1 atom stereocenters. The third-order valence-electron chi connectivity index (χ3n) is 4.66. The van der Waals surface area contributed by atoms with Crippen LogP contribution in [0.3, 0.4) is 0 Å². The van der Waals surface area contributed by atoms with Crippen molar-refractivity contribution in [1.82, 2.24) is 9.88 Å². The van der Waals surface area contributed by atoms with E-state index in [1.54, 1.807) is 0 Å². The first kappa shape index (κ1) is 14.4. The number of fused-ring (bicyclic) bond motifs is 2. The molecule has 0 aliphatic carbocycles. The van der Waals surface area contributed by atoms with E-state index >= 15 is 0 Å². The number of ether oxygens (including phenoxy) is 1. The number of benzene rings is 1. The van der Waals surface area contributed by atoms with Gasteiger partial charge in [0.25, 0.3) is 0 Å². The maximum Gasteiger partial charge on any atom is 0.410 e. The second kappa shape index (κ2) is 4.91. The highest BCUT2D eigenvalue weighted by Crippen LogP contribution is 2.37. The molecule has 1 fully saturated rings. The number of piperazine rings is 1. The number of nitrogens with zero attached hydrogens (tertiary/aromatic N) is 2. The van der Waals surface area contributed by atoms with E-state index in [0.717, 1.165) is 19.5 Å². The molecule has 0 bridgehead atoms. The molecule has 122 valence electrons. The standard InChI is InChI=1S/C18H23N3O2/c1-18(2,3)23-17(22)20-7-8-21-13(11-20)9-12-10-19-14-5-4-6-15(21)16(12)14/h4-6,10,13,19H,7-9,11H2,1-3H3. The van der Waals surface area contributed by atoms with Gasteiger partial charge in [0.05, 0.1) is 6.04 Å². The highest BCUT2D eigenvalue weighted by molar-refractivity contribution is 5.97. The molecule has 2 aromatic rings. The molecular formula is C18H23N3O2. The smallest absolute Gasteiger partial charge is 0.410 e. The van der Waals surface area contributed by atoms with Crippen LogP contribution in [0.4, 0.5) is 10.5 Å². The van der Waals surface area contributed by atoms with Gasteiger partial charge in [-0.05, 0) is 44.9 Å². The predicted octanol–water partition coefficient (Wildman–Crippen LogP) is 3.15. The summed E-state index contributed by atoms with van der Waals surface area (Å²) >= 11 is 0. The average molecular weight is 313 g/mol. The SMILES string of the molecule is CC(C)(C)OC(=O)N1CCN2c3cccc4[nH]cc(c34)CC2C1. The zero-order valence-corrected chi connectivity index (χ0v) is 13.9. The Morgan fingerprint density at radius 2 is 2.13 bits per heavy atom. The number of hydrogen-bond acceptors (Lipinski definition) is 3. The molecule has 1 unspecified atom stereocenters. The fourth-order valence-electron chi connectivity index (χ4n) is 3.73. The van der Waals surface area contributed by atoms with Crippen LogP contribution in [0.5, 0.6) is 0 Å². The molecular weight excluding hydrogens is 290 g/mol. The number of nitrogens with one attached hydrogen (secondary N) is 1. The Balaban J connectivity index is 1.58. The molecule has 1 amide bonds. The Hall–Kier alpha value is -2.17. The van der Waals surface area contributed by atoms with Gasteiger partial charge in [-0.25, -0.2) is 4.79 Å². The van der Waals surface area contributed by atoms with E-state index in [4.69, 9.17) is 4.74 Å². The van der Waals surface area contributed by atoms with Crippen molar-refractivity contribution >= 4 is 22.7 Å². The lowest BCUT2D eigenvalue weighted by molar-refractivity contribution is 0.0214. The van der Waals surface area contributed by atoms with Crippen LogP contribution in [0, 0.1) is 0 Å². The van der Waals surface area contributed by atoms with Crippen molar-refractivity contribution < 1.29 is 9.53 Å². The van der Waals surface area contributed by atoms with Crippen molar-refractivity contribution in [3.05, 3.63) is 30.0 Å². The number of H-pyrrole nitrogens is 1. The molecule has 0 spiro atoms. The lowest BCUT2D eigenvalue weighted by Crippen LogP contribution is -2.57. The molecule has 0 saturated carbocycles. The van der Waals surface area contributed by atoms with E-state index in [1.807, 2.05) is 25.7 Å². The molecule has 4 rings (SSSR count). The van der Waals surface area contributed by atoms with Crippen LogP contribution < -0.4 is 4.90 Å². The zero-order valence-electron chi connectivity index (χ0n) is 13.9.